The number of aliphatic hydroxyl groups is 4. The zero-order valence-electron chi connectivity index (χ0n) is 16.7. The summed E-state index contributed by atoms with van der Waals surface area (Å²) in [4.78, 5) is 0. The Morgan fingerprint density at radius 2 is 1.74 bits per heavy atom. The summed E-state index contributed by atoms with van der Waals surface area (Å²) < 4.78 is 5.65. The van der Waals surface area contributed by atoms with Gasteiger partial charge in [-0.1, -0.05) is 64.9 Å². The van der Waals surface area contributed by atoms with Crippen LogP contribution in [-0.4, -0.2) is 61.6 Å². The molecule has 5 atom stereocenters. The van der Waals surface area contributed by atoms with Gasteiger partial charge in [-0.25, -0.2) is 0 Å². The Bertz CT molecular complexity index is 1040. The monoisotopic (exact) mass is 462 g/mol. The third kappa shape index (κ3) is 4.65. The van der Waals surface area contributed by atoms with Crippen LogP contribution < -0.4 is 0 Å². The van der Waals surface area contributed by atoms with E-state index in [4.69, 9.17) is 16.3 Å². The third-order valence-corrected chi connectivity index (χ3v) is 6.74. The molecule has 164 valence electrons. The van der Waals surface area contributed by atoms with Crippen LogP contribution in [0.4, 0.5) is 0 Å². The standard InChI is InChI=1S/C22H23ClN2O5S/c1-11-2-4-12(5-3-11)22-25-24-17(31-22)9-14-8-13(6-7-15(14)23)21-20(29)19(28)18(27)16(10-26)30-21/h2-8,16,18-21,26-29H,9-10H2,1H3/t16-,18-,19+,20-,21?/m1/s1. The summed E-state index contributed by atoms with van der Waals surface area (Å²) in [6, 6.07) is 13.2. The molecule has 0 bridgehead atoms. The summed E-state index contributed by atoms with van der Waals surface area (Å²) in [6.45, 7) is 1.55. The Balaban J connectivity index is 1.57. The van der Waals surface area contributed by atoms with Gasteiger partial charge in [0.2, 0.25) is 0 Å². The highest BCUT2D eigenvalue weighted by Gasteiger charge is 2.44. The van der Waals surface area contributed by atoms with Crippen LogP contribution in [0.1, 0.15) is 27.8 Å². The van der Waals surface area contributed by atoms with Crippen molar-refractivity contribution in [2.75, 3.05) is 6.61 Å². The summed E-state index contributed by atoms with van der Waals surface area (Å²) in [5.74, 6) is 0. The van der Waals surface area contributed by atoms with Crippen LogP contribution in [0, 0.1) is 6.92 Å². The fourth-order valence-corrected chi connectivity index (χ4v) is 4.64. The van der Waals surface area contributed by atoms with E-state index in [0.717, 1.165) is 21.1 Å². The highest BCUT2D eigenvalue weighted by atomic mass is 35.5. The first kappa shape index (κ1) is 22.3. The fourth-order valence-electron chi connectivity index (χ4n) is 3.58. The predicted octanol–water partition coefficient (Wildman–Crippen LogP) is 2.27. The van der Waals surface area contributed by atoms with Crippen molar-refractivity contribution in [2.24, 2.45) is 0 Å². The van der Waals surface area contributed by atoms with Crippen LogP contribution in [0.25, 0.3) is 10.6 Å². The number of aryl methyl sites for hydroxylation is 1. The van der Waals surface area contributed by atoms with Crippen molar-refractivity contribution in [3.63, 3.8) is 0 Å². The zero-order chi connectivity index (χ0) is 22.1. The van der Waals surface area contributed by atoms with Crippen LogP contribution in [0.2, 0.25) is 5.02 Å². The summed E-state index contributed by atoms with van der Waals surface area (Å²) in [5, 5.41) is 50.6. The molecule has 9 heteroatoms. The first-order valence-corrected chi connectivity index (χ1v) is 11.0. The van der Waals surface area contributed by atoms with E-state index in [1.165, 1.54) is 16.9 Å². The van der Waals surface area contributed by atoms with Gasteiger partial charge in [0, 0.05) is 17.0 Å². The van der Waals surface area contributed by atoms with E-state index in [-0.39, 0.29) is 0 Å². The van der Waals surface area contributed by atoms with Gasteiger partial charge in [0.15, 0.2) is 0 Å². The molecular formula is C22H23ClN2O5S. The van der Waals surface area contributed by atoms with E-state index in [1.807, 2.05) is 31.2 Å². The van der Waals surface area contributed by atoms with Crippen molar-refractivity contribution in [1.29, 1.82) is 0 Å². The molecule has 1 fully saturated rings. The van der Waals surface area contributed by atoms with E-state index in [1.54, 1.807) is 18.2 Å². The minimum absolute atomic E-state index is 0.438. The second-order valence-electron chi connectivity index (χ2n) is 7.64. The predicted molar refractivity (Wildman–Crippen MR) is 117 cm³/mol. The number of ether oxygens (including phenoxy) is 1. The molecule has 0 saturated carbocycles. The molecule has 0 amide bonds. The van der Waals surface area contributed by atoms with E-state index >= 15 is 0 Å². The highest BCUT2D eigenvalue weighted by molar-refractivity contribution is 7.14. The quantitative estimate of drug-likeness (QED) is 0.459. The molecule has 2 aromatic carbocycles. The maximum Gasteiger partial charge on any atom is 0.147 e. The van der Waals surface area contributed by atoms with Gasteiger partial charge in [-0.15, -0.1) is 10.2 Å². The molecular weight excluding hydrogens is 440 g/mol. The van der Waals surface area contributed by atoms with Gasteiger partial charge in [0.05, 0.1) is 6.61 Å². The van der Waals surface area contributed by atoms with Gasteiger partial charge in [0.25, 0.3) is 0 Å². The van der Waals surface area contributed by atoms with E-state index in [2.05, 4.69) is 10.2 Å². The van der Waals surface area contributed by atoms with E-state index < -0.39 is 37.1 Å². The van der Waals surface area contributed by atoms with Crippen LogP contribution in [-0.2, 0) is 11.2 Å². The molecule has 31 heavy (non-hydrogen) atoms. The Labute approximate surface area is 188 Å². The molecule has 1 aromatic heterocycles. The Kier molecular flexibility index (Phi) is 6.68. The minimum Gasteiger partial charge on any atom is -0.394 e. The first-order valence-electron chi connectivity index (χ1n) is 9.85. The Morgan fingerprint density at radius 1 is 1.00 bits per heavy atom. The largest absolute Gasteiger partial charge is 0.394 e. The summed E-state index contributed by atoms with van der Waals surface area (Å²) in [7, 11) is 0. The topological polar surface area (TPSA) is 116 Å². The lowest BCUT2D eigenvalue weighted by atomic mass is 9.90. The molecule has 1 unspecified atom stereocenters. The molecule has 4 N–H and O–H groups in total. The Morgan fingerprint density at radius 3 is 2.45 bits per heavy atom. The van der Waals surface area contributed by atoms with Gasteiger partial charge < -0.3 is 25.2 Å². The second kappa shape index (κ2) is 9.30. The number of hydrogen-bond acceptors (Lipinski definition) is 8. The van der Waals surface area contributed by atoms with Gasteiger partial charge >= 0.3 is 0 Å². The van der Waals surface area contributed by atoms with Gasteiger partial charge in [-0.2, -0.15) is 0 Å². The lowest BCUT2D eigenvalue weighted by molar-refractivity contribution is -0.231. The zero-order valence-corrected chi connectivity index (χ0v) is 18.3. The minimum atomic E-state index is -1.43. The number of hydrogen-bond donors (Lipinski definition) is 4. The van der Waals surface area contributed by atoms with E-state index in [9.17, 15) is 20.4 Å². The smallest absolute Gasteiger partial charge is 0.147 e. The van der Waals surface area contributed by atoms with Crippen LogP contribution in [0.3, 0.4) is 0 Å². The van der Waals surface area contributed by atoms with Crippen molar-refractivity contribution in [2.45, 2.75) is 43.9 Å². The number of nitrogens with zero attached hydrogens (tertiary/aromatic N) is 2. The van der Waals surface area contributed by atoms with Gasteiger partial charge in [0.1, 0.15) is 40.5 Å². The van der Waals surface area contributed by atoms with Crippen molar-refractivity contribution in [3.05, 3.63) is 69.2 Å². The lowest BCUT2D eigenvalue weighted by Crippen LogP contribution is -2.55. The second-order valence-corrected chi connectivity index (χ2v) is 9.11. The SMILES string of the molecule is Cc1ccc(-c2nnc(Cc3cc(C4O[C@H](CO)[C@@H](O)[C@H](O)[C@H]4O)ccc3Cl)s2)cc1. The maximum atomic E-state index is 10.4. The van der Waals surface area contributed by atoms with Crippen molar-refractivity contribution >= 4 is 22.9 Å². The summed E-state index contributed by atoms with van der Waals surface area (Å²) >= 11 is 7.87. The van der Waals surface area contributed by atoms with Crippen LogP contribution in [0.15, 0.2) is 42.5 Å². The number of aliphatic hydroxyl groups excluding tert-OH is 4. The highest BCUT2D eigenvalue weighted by Crippen LogP contribution is 2.35. The van der Waals surface area contributed by atoms with Crippen LogP contribution >= 0.6 is 22.9 Å². The molecule has 0 spiro atoms. The summed E-state index contributed by atoms with van der Waals surface area (Å²) in [5.41, 5.74) is 3.52. The van der Waals surface area contributed by atoms with Crippen molar-refractivity contribution in [3.8, 4) is 10.6 Å². The van der Waals surface area contributed by atoms with Crippen molar-refractivity contribution < 1.29 is 25.2 Å². The maximum absolute atomic E-state index is 10.4. The fraction of sp³-hybridized carbons (Fsp3) is 0.364. The number of benzene rings is 2. The number of rotatable bonds is 5. The molecule has 0 aliphatic carbocycles. The molecule has 1 aliphatic heterocycles. The molecule has 2 heterocycles. The lowest BCUT2D eigenvalue weighted by Gasteiger charge is -2.40. The molecule has 1 aliphatic rings. The molecule has 4 rings (SSSR count). The Hall–Kier alpha value is -1.91. The molecule has 3 aromatic rings. The third-order valence-electron chi connectivity index (χ3n) is 5.40. The van der Waals surface area contributed by atoms with Gasteiger partial charge in [-0.3, -0.25) is 0 Å². The summed E-state index contributed by atoms with van der Waals surface area (Å²) in [6.07, 6.45) is -5.62. The molecule has 7 nitrogen and oxygen atoms in total. The van der Waals surface area contributed by atoms with E-state index in [0.29, 0.717) is 17.0 Å². The van der Waals surface area contributed by atoms with Crippen LogP contribution in [0.5, 0.6) is 0 Å². The molecule has 0 radical (unpaired) electrons. The molecule has 1 saturated heterocycles. The number of halogens is 1. The van der Waals surface area contributed by atoms with Crippen molar-refractivity contribution in [1.82, 2.24) is 10.2 Å². The normalized spacial score (nSPS) is 26.2. The van der Waals surface area contributed by atoms with Gasteiger partial charge in [-0.05, 0) is 24.1 Å². The number of aromatic nitrogens is 2. The first-order chi connectivity index (χ1) is 14.9. The average Bonchev–Trinajstić information content (AvgIpc) is 3.23. The average molecular weight is 463 g/mol.